The molecule has 0 bridgehead atoms. The first-order valence-corrected chi connectivity index (χ1v) is 3.52. The summed E-state index contributed by atoms with van der Waals surface area (Å²) in [6.45, 7) is 1.22. The lowest BCUT2D eigenvalue weighted by Gasteiger charge is -1.90. The average Bonchev–Trinajstić information content (AvgIpc) is 1.83. The minimum Gasteiger partial charge on any atom is -0.478 e. The van der Waals surface area contributed by atoms with Gasteiger partial charge in [-0.15, -0.1) is 0 Å². The van der Waals surface area contributed by atoms with Gasteiger partial charge in [-0.1, -0.05) is 0 Å². The number of hydrogen-bond donors (Lipinski definition) is 2. The van der Waals surface area contributed by atoms with Gasteiger partial charge >= 0.3 is 11.9 Å². The quantitative estimate of drug-likeness (QED) is 0.610. The van der Waals surface area contributed by atoms with Gasteiger partial charge < -0.3 is 15.1 Å². The number of aliphatic carboxylic acids is 2. The standard InChI is InChI=1S/C5H6O4.C3H9N/c1-3(5(8)9)2-4(6)7;1-4(2)3/h2H,1H3,(H,6,7)(H,8,9);1-3H3/b3-2-;. The second-order valence-corrected chi connectivity index (χ2v) is 2.81. The van der Waals surface area contributed by atoms with Crippen LogP contribution in [0.3, 0.4) is 0 Å². The Balaban J connectivity index is 0. The number of hydrogen-bond acceptors (Lipinski definition) is 3. The molecule has 0 aromatic rings. The molecule has 0 aliphatic carbocycles. The summed E-state index contributed by atoms with van der Waals surface area (Å²) in [6.07, 6.45) is 0.641. The van der Waals surface area contributed by atoms with Gasteiger partial charge in [0.1, 0.15) is 0 Å². The largest absolute Gasteiger partial charge is 0.478 e. The molecular weight excluding hydrogens is 174 g/mol. The zero-order chi connectivity index (χ0) is 11.0. The minimum atomic E-state index is -1.24. The highest BCUT2D eigenvalue weighted by atomic mass is 16.4. The molecule has 0 radical (unpaired) electrons. The molecule has 2 N–H and O–H groups in total. The summed E-state index contributed by atoms with van der Waals surface area (Å²) < 4.78 is 0. The van der Waals surface area contributed by atoms with Crippen molar-refractivity contribution in [3.8, 4) is 0 Å². The second-order valence-electron chi connectivity index (χ2n) is 2.81. The molecule has 0 aromatic heterocycles. The molecule has 0 aliphatic heterocycles. The van der Waals surface area contributed by atoms with Gasteiger partial charge in [-0.05, 0) is 28.1 Å². The average molecular weight is 189 g/mol. The Morgan fingerprint density at radius 2 is 1.46 bits per heavy atom. The van der Waals surface area contributed by atoms with Crippen molar-refractivity contribution in [1.29, 1.82) is 0 Å². The van der Waals surface area contributed by atoms with Gasteiger partial charge in [0.15, 0.2) is 0 Å². The highest BCUT2D eigenvalue weighted by Gasteiger charge is 2.00. The predicted molar refractivity (Wildman–Crippen MR) is 48.6 cm³/mol. The first kappa shape index (κ1) is 14.2. The Kier molecular flexibility index (Phi) is 7.96. The van der Waals surface area contributed by atoms with E-state index in [4.69, 9.17) is 10.2 Å². The highest BCUT2D eigenvalue weighted by Crippen LogP contribution is 1.89. The van der Waals surface area contributed by atoms with E-state index in [1.165, 1.54) is 6.92 Å². The molecule has 0 spiro atoms. The lowest BCUT2D eigenvalue weighted by Crippen LogP contribution is -1.99. The SMILES string of the molecule is C/C(=C/C(=O)O)C(=O)O.CN(C)C. The predicted octanol–water partition coefficient (Wildman–Crippen LogP) is 0.280. The van der Waals surface area contributed by atoms with Crippen molar-refractivity contribution < 1.29 is 19.8 Å². The van der Waals surface area contributed by atoms with E-state index in [9.17, 15) is 9.59 Å². The van der Waals surface area contributed by atoms with E-state index in [0.717, 1.165) is 0 Å². The molecule has 5 nitrogen and oxygen atoms in total. The van der Waals surface area contributed by atoms with Gasteiger partial charge in [-0.2, -0.15) is 0 Å². The third-order valence-electron chi connectivity index (χ3n) is 0.677. The van der Waals surface area contributed by atoms with Crippen LogP contribution in [0, 0.1) is 0 Å². The van der Waals surface area contributed by atoms with Crippen LogP contribution >= 0.6 is 0 Å². The van der Waals surface area contributed by atoms with Crippen molar-refractivity contribution in [2.24, 2.45) is 0 Å². The Bertz CT molecular complexity index is 205. The third kappa shape index (κ3) is 18.0. The maximum absolute atomic E-state index is 9.90. The van der Waals surface area contributed by atoms with Crippen molar-refractivity contribution in [2.45, 2.75) is 6.92 Å². The van der Waals surface area contributed by atoms with Crippen LogP contribution < -0.4 is 0 Å². The molecule has 13 heavy (non-hydrogen) atoms. The van der Waals surface area contributed by atoms with Crippen molar-refractivity contribution in [3.05, 3.63) is 11.6 Å². The summed E-state index contributed by atoms with van der Waals surface area (Å²) in [5.74, 6) is -2.45. The molecule has 5 heteroatoms. The summed E-state index contributed by atoms with van der Waals surface area (Å²) in [4.78, 5) is 21.7. The third-order valence-corrected chi connectivity index (χ3v) is 0.677. The van der Waals surface area contributed by atoms with Gasteiger partial charge in [-0.25, -0.2) is 9.59 Å². The number of carboxylic acids is 2. The molecule has 0 heterocycles. The van der Waals surface area contributed by atoms with E-state index >= 15 is 0 Å². The van der Waals surface area contributed by atoms with E-state index in [1.54, 1.807) is 0 Å². The van der Waals surface area contributed by atoms with Crippen molar-refractivity contribution in [3.63, 3.8) is 0 Å². The summed E-state index contributed by atoms with van der Waals surface area (Å²) in [5.41, 5.74) is -0.178. The van der Waals surface area contributed by atoms with E-state index < -0.39 is 11.9 Å². The monoisotopic (exact) mass is 189 g/mol. The maximum Gasteiger partial charge on any atom is 0.331 e. The molecule has 0 amide bonds. The van der Waals surface area contributed by atoms with Crippen LogP contribution in [-0.4, -0.2) is 48.2 Å². The zero-order valence-electron chi connectivity index (χ0n) is 8.24. The van der Waals surface area contributed by atoms with Crippen molar-refractivity contribution >= 4 is 11.9 Å². The van der Waals surface area contributed by atoms with E-state index in [0.29, 0.717) is 6.08 Å². The fourth-order valence-electron chi connectivity index (χ4n) is 0.247. The molecule has 0 atom stereocenters. The number of carbonyl (C=O) groups is 2. The van der Waals surface area contributed by atoms with Crippen LogP contribution in [0.4, 0.5) is 0 Å². The molecule has 0 aliphatic rings. The smallest absolute Gasteiger partial charge is 0.331 e. The molecule has 0 saturated carbocycles. The topological polar surface area (TPSA) is 77.8 Å². The molecule has 0 fully saturated rings. The molecular formula is C8H15NO4. The van der Waals surface area contributed by atoms with Crippen LogP contribution in [-0.2, 0) is 9.59 Å². The molecule has 0 rings (SSSR count). The molecule has 76 valence electrons. The Morgan fingerprint density at radius 1 is 1.15 bits per heavy atom. The first-order valence-electron chi connectivity index (χ1n) is 3.52. The Hall–Kier alpha value is -1.36. The Morgan fingerprint density at radius 3 is 1.54 bits per heavy atom. The number of nitrogens with zero attached hydrogens (tertiary/aromatic N) is 1. The maximum atomic E-state index is 9.90. The first-order chi connectivity index (χ1) is 5.77. The van der Waals surface area contributed by atoms with Gasteiger partial charge in [0.05, 0.1) is 0 Å². The molecule has 0 aromatic carbocycles. The van der Waals surface area contributed by atoms with E-state index in [-0.39, 0.29) is 5.57 Å². The van der Waals surface area contributed by atoms with Crippen LogP contribution in [0.25, 0.3) is 0 Å². The van der Waals surface area contributed by atoms with Crippen LogP contribution in [0.5, 0.6) is 0 Å². The van der Waals surface area contributed by atoms with Crippen molar-refractivity contribution in [2.75, 3.05) is 21.1 Å². The Labute approximate surface area is 77.3 Å². The van der Waals surface area contributed by atoms with Gasteiger partial charge in [0.25, 0.3) is 0 Å². The summed E-state index contributed by atoms with van der Waals surface area (Å²) in [7, 11) is 6.00. The fraction of sp³-hybridized carbons (Fsp3) is 0.500. The van der Waals surface area contributed by atoms with Crippen LogP contribution in [0.15, 0.2) is 11.6 Å². The molecule has 0 unspecified atom stereocenters. The van der Waals surface area contributed by atoms with Crippen LogP contribution in [0.1, 0.15) is 6.92 Å². The summed E-state index contributed by atoms with van der Waals surface area (Å²) in [6, 6.07) is 0. The summed E-state index contributed by atoms with van der Waals surface area (Å²) >= 11 is 0. The van der Waals surface area contributed by atoms with Crippen molar-refractivity contribution in [1.82, 2.24) is 4.90 Å². The van der Waals surface area contributed by atoms with E-state index in [1.807, 2.05) is 26.0 Å². The lowest BCUT2D eigenvalue weighted by molar-refractivity contribution is -0.135. The number of rotatable bonds is 2. The summed E-state index contributed by atoms with van der Waals surface area (Å²) in [5, 5.41) is 16.1. The fourth-order valence-corrected chi connectivity index (χ4v) is 0.247. The van der Waals surface area contributed by atoms with Gasteiger partial charge in [0.2, 0.25) is 0 Å². The van der Waals surface area contributed by atoms with E-state index in [2.05, 4.69) is 0 Å². The number of carboxylic acid groups (broad SMARTS) is 2. The zero-order valence-corrected chi connectivity index (χ0v) is 8.24. The van der Waals surface area contributed by atoms with Gasteiger partial charge in [-0.3, -0.25) is 0 Å². The van der Waals surface area contributed by atoms with Gasteiger partial charge in [0, 0.05) is 11.6 Å². The second kappa shape index (κ2) is 7.30. The minimum absolute atomic E-state index is 0.178. The molecule has 0 saturated heterocycles. The van der Waals surface area contributed by atoms with Crippen LogP contribution in [0.2, 0.25) is 0 Å². The highest BCUT2D eigenvalue weighted by molar-refractivity contribution is 5.93. The lowest BCUT2D eigenvalue weighted by atomic mass is 10.3. The normalized spacial score (nSPS) is 10.4.